The van der Waals surface area contributed by atoms with E-state index in [-0.39, 0.29) is 17.8 Å². The summed E-state index contributed by atoms with van der Waals surface area (Å²) < 4.78 is 11.7. The Bertz CT molecular complexity index is 664. The molecular weight excluding hydrogens is 403 g/mol. The number of hydrogen-bond acceptors (Lipinski definition) is 3. The normalized spacial score (nSPS) is 20.3. The van der Waals surface area contributed by atoms with E-state index in [0.29, 0.717) is 6.61 Å². The average molecular weight is 422 g/mol. The van der Waals surface area contributed by atoms with Crippen molar-refractivity contribution in [3.8, 4) is 5.75 Å². The van der Waals surface area contributed by atoms with E-state index in [4.69, 9.17) is 9.47 Å². The Labute approximate surface area is 150 Å². The maximum absolute atomic E-state index is 12.1. The second kappa shape index (κ2) is 7.34. The third-order valence-corrected chi connectivity index (χ3v) is 5.06. The predicted octanol–water partition coefficient (Wildman–Crippen LogP) is 3.87. The van der Waals surface area contributed by atoms with E-state index in [1.807, 2.05) is 12.1 Å². The van der Waals surface area contributed by atoms with Crippen LogP contribution in [-0.2, 0) is 22.4 Å². The Balaban J connectivity index is 1.69. The van der Waals surface area contributed by atoms with E-state index in [2.05, 4.69) is 59.0 Å². The van der Waals surface area contributed by atoms with E-state index in [0.717, 1.165) is 18.6 Å². The monoisotopic (exact) mass is 422 g/mol. The Morgan fingerprint density at radius 2 is 1.65 bits per heavy atom. The van der Waals surface area contributed by atoms with Gasteiger partial charge in [0.25, 0.3) is 0 Å². The minimum absolute atomic E-state index is 0.0582. The van der Waals surface area contributed by atoms with Crippen LogP contribution in [0.5, 0.6) is 5.75 Å². The van der Waals surface area contributed by atoms with Crippen molar-refractivity contribution in [3.05, 3.63) is 63.2 Å². The Hall–Kier alpha value is -1.56. The number of ether oxygens (including phenoxy) is 2. The largest absolute Gasteiger partial charge is 0.497 e. The van der Waals surface area contributed by atoms with Gasteiger partial charge in [0.05, 0.1) is 19.6 Å². The molecule has 0 saturated carbocycles. The number of rotatable bonds is 5. The summed E-state index contributed by atoms with van der Waals surface area (Å²) in [7, 11) is 1.66. The topological polar surface area (TPSA) is 35.5 Å². The van der Waals surface area contributed by atoms with Crippen molar-refractivity contribution in [2.45, 2.75) is 12.8 Å². The van der Waals surface area contributed by atoms with Gasteiger partial charge in [-0.15, -0.1) is 0 Å². The molecule has 3 rings (SSSR count). The fourth-order valence-electron chi connectivity index (χ4n) is 2.99. The summed E-state index contributed by atoms with van der Waals surface area (Å²) in [5.41, 5.74) is 2.40. The Morgan fingerprint density at radius 1 is 1.04 bits per heavy atom. The van der Waals surface area contributed by atoms with Gasteiger partial charge < -0.3 is 9.47 Å². The summed E-state index contributed by atoms with van der Waals surface area (Å²) in [5, 5.41) is 0. The number of halogens is 1. The molecule has 1 aliphatic heterocycles. The molecule has 2 aromatic rings. The lowest BCUT2D eigenvalue weighted by Gasteiger charge is -2.15. The molecule has 0 bridgehead atoms. The van der Waals surface area contributed by atoms with Gasteiger partial charge in [0.15, 0.2) is 0 Å². The first kappa shape index (κ1) is 16.3. The minimum atomic E-state index is -0.0675. The van der Waals surface area contributed by atoms with Gasteiger partial charge in [-0.05, 0) is 70.8 Å². The highest BCUT2D eigenvalue weighted by Crippen LogP contribution is 2.29. The van der Waals surface area contributed by atoms with Crippen LogP contribution >= 0.6 is 22.6 Å². The molecule has 4 heteroatoms. The lowest BCUT2D eigenvalue weighted by atomic mass is 9.85. The summed E-state index contributed by atoms with van der Waals surface area (Å²) in [6.45, 7) is 0.514. The molecule has 3 nitrogen and oxygen atoms in total. The molecule has 1 aliphatic rings. The van der Waals surface area contributed by atoms with Crippen LogP contribution in [0.4, 0.5) is 0 Å². The second-order valence-corrected chi connectivity index (χ2v) is 7.13. The molecule has 0 aromatic heterocycles. The molecule has 1 saturated heterocycles. The lowest BCUT2D eigenvalue weighted by Crippen LogP contribution is -2.20. The van der Waals surface area contributed by atoms with Crippen molar-refractivity contribution in [2.75, 3.05) is 13.7 Å². The zero-order valence-corrected chi connectivity index (χ0v) is 15.2. The Morgan fingerprint density at radius 3 is 2.30 bits per heavy atom. The third-order valence-electron chi connectivity index (χ3n) is 4.34. The van der Waals surface area contributed by atoms with E-state index < -0.39 is 0 Å². The first-order valence-corrected chi connectivity index (χ1v) is 8.77. The first-order valence-electron chi connectivity index (χ1n) is 7.69. The number of cyclic esters (lactones) is 1. The maximum atomic E-state index is 12.1. The molecule has 1 fully saturated rings. The highest BCUT2D eigenvalue weighted by atomic mass is 127. The molecule has 23 heavy (non-hydrogen) atoms. The fourth-order valence-corrected chi connectivity index (χ4v) is 3.35. The van der Waals surface area contributed by atoms with Gasteiger partial charge in [-0.1, -0.05) is 24.3 Å². The van der Waals surface area contributed by atoms with Crippen molar-refractivity contribution in [1.82, 2.24) is 0 Å². The number of carbonyl (C=O) groups is 1. The zero-order chi connectivity index (χ0) is 16.2. The van der Waals surface area contributed by atoms with Gasteiger partial charge in [0, 0.05) is 9.49 Å². The number of methoxy groups -OCH3 is 1. The molecular formula is C19H19IO3. The predicted molar refractivity (Wildman–Crippen MR) is 97.5 cm³/mol. The van der Waals surface area contributed by atoms with E-state index >= 15 is 0 Å². The first-order chi connectivity index (χ1) is 11.2. The molecule has 0 N–H and O–H groups in total. The highest BCUT2D eigenvalue weighted by molar-refractivity contribution is 14.1. The van der Waals surface area contributed by atoms with Gasteiger partial charge in [-0.2, -0.15) is 0 Å². The SMILES string of the molecule is COc1ccc(C[C@H]2COC(=O)[C@@H]2Cc2ccc(I)cc2)cc1. The van der Waals surface area contributed by atoms with Crippen LogP contribution in [0.25, 0.3) is 0 Å². The van der Waals surface area contributed by atoms with Crippen LogP contribution in [0.15, 0.2) is 48.5 Å². The molecule has 0 spiro atoms. The summed E-state index contributed by atoms with van der Waals surface area (Å²) >= 11 is 2.29. The number of carbonyl (C=O) groups excluding carboxylic acids is 1. The summed E-state index contributed by atoms with van der Waals surface area (Å²) in [6, 6.07) is 16.4. The number of esters is 1. The van der Waals surface area contributed by atoms with Gasteiger partial charge in [-0.25, -0.2) is 0 Å². The van der Waals surface area contributed by atoms with Gasteiger partial charge in [-0.3, -0.25) is 4.79 Å². The quantitative estimate of drug-likeness (QED) is 0.542. The van der Waals surface area contributed by atoms with Crippen LogP contribution in [0.3, 0.4) is 0 Å². The number of hydrogen-bond donors (Lipinski definition) is 0. The van der Waals surface area contributed by atoms with Crippen molar-refractivity contribution < 1.29 is 14.3 Å². The lowest BCUT2D eigenvalue weighted by molar-refractivity contribution is -0.141. The second-order valence-electron chi connectivity index (χ2n) is 5.88. The van der Waals surface area contributed by atoms with Crippen LogP contribution < -0.4 is 4.74 Å². The molecule has 0 aliphatic carbocycles. The van der Waals surface area contributed by atoms with Gasteiger partial charge >= 0.3 is 5.97 Å². The summed E-state index contributed by atoms with van der Waals surface area (Å²) in [6.07, 6.45) is 1.60. The molecule has 2 atom stereocenters. The smallest absolute Gasteiger partial charge is 0.309 e. The van der Waals surface area contributed by atoms with Crippen molar-refractivity contribution in [2.24, 2.45) is 11.8 Å². The molecule has 120 valence electrons. The van der Waals surface area contributed by atoms with Gasteiger partial charge in [0.2, 0.25) is 0 Å². The van der Waals surface area contributed by atoms with E-state index in [1.165, 1.54) is 14.7 Å². The maximum Gasteiger partial charge on any atom is 0.309 e. The molecule has 0 amide bonds. The van der Waals surface area contributed by atoms with Gasteiger partial charge in [0.1, 0.15) is 5.75 Å². The standard InChI is InChI=1S/C19H19IO3/c1-22-17-8-4-13(5-9-17)10-15-12-23-19(21)18(15)11-14-2-6-16(20)7-3-14/h2-9,15,18H,10-12H2,1H3/t15-,18+/m0/s1. The third kappa shape index (κ3) is 4.05. The highest BCUT2D eigenvalue weighted by Gasteiger charge is 2.36. The van der Waals surface area contributed by atoms with E-state index in [1.54, 1.807) is 7.11 Å². The van der Waals surface area contributed by atoms with Crippen LogP contribution in [0, 0.1) is 15.4 Å². The summed E-state index contributed by atoms with van der Waals surface area (Å²) in [4.78, 5) is 12.1. The van der Waals surface area contributed by atoms with Crippen LogP contribution in [0.2, 0.25) is 0 Å². The Kier molecular flexibility index (Phi) is 5.20. The average Bonchev–Trinajstić information content (AvgIpc) is 2.91. The van der Waals surface area contributed by atoms with Crippen molar-refractivity contribution >= 4 is 28.6 Å². The molecule has 2 aromatic carbocycles. The fraction of sp³-hybridized carbons (Fsp3) is 0.316. The minimum Gasteiger partial charge on any atom is -0.497 e. The molecule has 0 unspecified atom stereocenters. The molecule has 0 radical (unpaired) electrons. The van der Waals surface area contributed by atoms with Crippen molar-refractivity contribution in [1.29, 1.82) is 0 Å². The summed E-state index contributed by atoms with van der Waals surface area (Å²) in [5.74, 6) is 0.956. The van der Waals surface area contributed by atoms with Crippen LogP contribution in [0.1, 0.15) is 11.1 Å². The van der Waals surface area contributed by atoms with E-state index in [9.17, 15) is 4.79 Å². The molecule has 1 heterocycles. The van der Waals surface area contributed by atoms with Crippen LogP contribution in [-0.4, -0.2) is 19.7 Å². The zero-order valence-electron chi connectivity index (χ0n) is 13.0. The van der Waals surface area contributed by atoms with Crippen molar-refractivity contribution in [3.63, 3.8) is 0 Å². The number of benzene rings is 2.